The fourth-order valence-corrected chi connectivity index (χ4v) is 3.71. The second kappa shape index (κ2) is 9.25. The minimum absolute atomic E-state index is 0.0120. The van der Waals surface area contributed by atoms with E-state index < -0.39 is 0 Å². The zero-order valence-electron chi connectivity index (χ0n) is 15.7. The number of rotatable bonds is 2. The largest absolute Gasteiger partial charge is 0.460 e. The summed E-state index contributed by atoms with van der Waals surface area (Å²) in [7, 11) is 0. The molecular weight excluding hydrogens is 296 g/mol. The normalized spacial score (nSPS) is 24.0. The Hall–Kier alpha value is -1.31. The molecule has 0 aliphatic heterocycles. The predicted molar refractivity (Wildman–Crippen MR) is 100 cm³/mol. The van der Waals surface area contributed by atoms with Crippen molar-refractivity contribution in [2.24, 2.45) is 5.92 Å². The fraction of sp³-hybridized carbons (Fsp3) is 0.682. The van der Waals surface area contributed by atoms with Gasteiger partial charge >= 0.3 is 5.97 Å². The second-order valence-electron chi connectivity index (χ2n) is 8.26. The van der Waals surface area contributed by atoms with Gasteiger partial charge in [0, 0.05) is 0 Å². The van der Waals surface area contributed by atoms with Gasteiger partial charge in [0.25, 0.3) is 0 Å². The van der Waals surface area contributed by atoms with Crippen molar-refractivity contribution in [2.45, 2.75) is 90.1 Å². The number of esters is 1. The highest BCUT2D eigenvalue weighted by Crippen LogP contribution is 2.31. The predicted octanol–water partition coefficient (Wildman–Crippen LogP) is 6.25. The fourth-order valence-electron chi connectivity index (χ4n) is 3.71. The van der Waals surface area contributed by atoms with E-state index in [1.165, 1.54) is 37.7 Å². The van der Waals surface area contributed by atoms with Gasteiger partial charge in [0.1, 0.15) is 5.60 Å². The van der Waals surface area contributed by atoms with Crippen molar-refractivity contribution >= 4 is 5.97 Å². The van der Waals surface area contributed by atoms with Crippen molar-refractivity contribution in [3.63, 3.8) is 0 Å². The molecule has 0 bridgehead atoms. The summed E-state index contributed by atoms with van der Waals surface area (Å²) >= 11 is 0. The summed E-state index contributed by atoms with van der Waals surface area (Å²) in [4.78, 5) is 12.5. The van der Waals surface area contributed by atoms with E-state index in [9.17, 15) is 4.79 Å². The van der Waals surface area contributed by atoms with Crippen LogP contribution in [0.5, 0.6) is 0 Å². The van der Waals surface area contributed by atoms with Crippen LogP contribution in [-0.2, 0) is 9.53 Å². The Balaban J connectivity index is 1.97. The summed E-state index contributed by atoms with van der Waals surface area (Å²) in [5.74, 6) is 0.736. The number of ether oxygens (including phenoxy) is 1. The third-order valence-corrected chi connectivity index (χ3v) is 4.97. The monoisotopic (exact) mass is 330 g/mol. The number of hydrogen-bond acceptors (Lipinski definition) is 2. The SMILES string of the molecule is CC(C)(C)OC(=O)C1CCCCCCC(c2ccccc2)CCC1. The molecule has 0 aromatic heterocycles. The minimum atomic E-state index is -0.379. The van der Waals surface area contributed by atoms with Crippen LogP contribution in [0.4, 0.5) is 0 Å². The first-order valence-electron chi connectivity index (χ1n) is 9.73. The van der Waals surface area contributed by atoms with Crippen molar-refractivity contribution < 1.29 is 9.53 Å². The molecule has 2 nitrogen and oxygen atoms in total. The van der Waals surface area contributed by atoms with Gasteiger partial charge in [0.15, 0.2) is 0 Å². The summed E-state index contributed by atoms with van der Waals surface area (Å²) in [6, 6.07) is 10.9. The summed E-state index contributed by atoms with van der Waals surface area (Å²) in [5, 5.41) is 0. The van der Waals surface area contributed by atoms with Crippen LogP contribution >= 0.6 is 0 Å². The molecule has 1 fully saturated rings. The highest BCUT2D eigenvalue weighted by Gasteiger charge is 2.25. The molecule has 0 heterocycles. The summed E-state index contributed by atoms with van der Waals surface area (Å²) in [6.07, 6.45) is 10.5. The quantitative estimate of drug-likeness (QED) is 0.599. The van der Waals surface area contributed by atoms with E-state index in [0.717, 1.165) is 25.7 Å². The van der Waals surface area contributed by atoms with Crippen LogP contribution in [0, 0.1) is 5.92 Å². The highest BCUT2D eigenvalue weighted by atomic mass is 16.6. The molecular formula is C22H34O2. The number of carbonyl (C=O) groups is 1. The van der Waals surface area contributed by atoms with Crippen molar-refractivity contribution in [3.8, 4) is 0 Å². The van der Waals surface area contributed by atoms with E-state index in [1.807, 2.05) is 20.8 Å². The van der Waals surface area contributed by atoms with Crippen molar-refractivity contribution in [2.75, 3.05) is 0 Å². The molecule has 24 heavy (non-hydrogen) atoms. The van der Waals surface area contributed by atoms with E-state index in [1.54, 1.807) is 0 Å². The standard InChI is InChI=1S/C22H34O2/c1-22(2,3)24-21(23)20-15-8-5-4-7-12-19(16-11-17-20)18-13-9-6-10-14-18/h6,9-10,13-14,19-20H,4-5,7-8,11-12,15-17H2,1-3H3. The van der Waals surface area contributed by atoms with Crippen molar-refractivity contribution in [1.82, 2.24) is 0 Å². The van der Waals surface area contributed by atoms with Crippen molar-refractivity contribution in [3.05, 3.63) is 35.9 Å². The molecule has 134 valence electrons. The van der Waals surface area contributed by atoms with Crippen LogP contribution in [0.15, 0.2) is 30.3 Å². The summed E-state index contributed by atoms with van der Waals surface area (Å²) in [6.45, 7) is 5.88. The maximum Gasteiger partial charge on any atom is 0.309 e. The first kappa shape index (κ1) is 19.0. The second-order valence-corrected chi connectivity index (χ2v) is 8.26. The lowest BCUT2D eigenvalue weighted by Crippen LogP contribution is -2.29. The van der Waals surface area contributed by atoms with Gasteiger partial charge in [0.2, 0.25) is 0 Å². The Morgan fingerprint density at radius 1 is 0.875 bits per heavy atom. The molecule has 2 unspecified atom stereocenters. The lowest BCUT2D eigenvalue weighted by atomic mass is 9.87. The molecule has 2 heteroatoms. The Bertz CT molecular complexity index is 486. The molecule has 1 aliphatic carbocycles. The topological polar surface area (TPSA) is 26.3 Å². The van der Waals surface area contributed by atoms with E-state index in [0.29, 0.717) is 5.92 Å². The van der Waals surface area contributed by atoms with Gasteiger partial charge in [-0.1, -0.05) is 62.4 Å². The van der Waals surface area contributed by atoms with Gasteiger partial charge in [-0.3, -0.25) is 4.79 Å². The Kier molecular flexibility index (Phi) is 7.33. The van der Waals surface area contributed by atoms with Crippen LogP contribution in [0.25, 0.3) is 0 Å². The van der Waals surface area contributed by atoms with Crippen LogP contribution in [-0.4, -0.2) is 11.6 Å². The van der Waals surface area contributed by atoms with Crippen LogP contribution in [0.2, 0.25) is 0 Å². The molecule has 2 atom stereocenters. The van der Waals surface area contributed by atoms with Crippen LogP contribution in [0.1, 0.15) is 90.0 Å². The maximum absolute atomic E-state index is 12.5. The Labute approximate surface area is 148 Å². The first-order valence-corrected chi connectivity index (χ1v) is 9.73. The summed E-state index contributed by atoms with van der Waals surface area (Å²) in [5.41, 5.74) is 1.08. The highest BCUT2D eigenvalue weighted by molar-refractivity contribution is 5.72. The Morgan fingerprint density at radius 3 is 2.12 bits per heavy atom. The Morgan fingerprint density at radius 2 is 1.46 bits per heavy atom. The molecule has 1 aromatic carbocycles. The van der Waals surface area contributed by atoms with Gasteiger partial charge in [0.05, 0.1) is 5.92 Å². The minimum Gasteiger partial charge on any atom is -0.460 e. The molecule has 1 aliphatic rings. The number of carbonyl (C=O) groups excluding carboxylic acids is 1. The molecule has 0 amide bonds. The molecule has 0 saturated heterocycles. The lowest BCUT2D eigenvalue weighted by Gasteiger charge is -2.24. The van der Waals surface area contributed by atoms with Crippen LogP contribution < -0.4 is 0 Å². The molecule has 1 saturated carbocycles. The van der Waals surface area contributed by atoms with Gasteiger partial charge in [-0.25, -0.2) is 0 Å². The van der Waals surface area contributed by atoms with E-state index in [-0.39, 0.29) is 17.5 Å². The van der Waals surface area contributed by atoms with Gasteiger partial charge < -0.3 is 4.74 Å². The zero-order valence-corrected chi connectivity index (χ0v) is 15.7. The number of benzene rings is 1. The smallest absolute Gasteiger partial charge is 0.309 e. The van der Waals surface area contributed by atoms with Gasteiger partial charge in [-0.2, -0.15) is 0 Å². The molecule has 1 aromatic rings. The first-order chi connectivity index (χ1) is 11.5. The van der Waals surface area contributed by atoms with Gasteiger partial charge in [-0.05, 0) is 57.9 Å². The molecule has 0 spiro atoms. The lowest BCUT2D eigenvalue weighted by molar-refractivity contribution is -0.160. The van der Waals surface area contributed by atoms with Crippen LogP contribution in [0.3, 0.4) is 0 Å². The molecule has 0 N–H and O–H groups in total. The molecule has 0 radical (unpaired) electrons. The van der Waals surface area contributed by atoms with Crippen molar-refractivity contribution in [1.29, 1.82) is 0 Å². The third kappa shape index (κ3) is 6.67. The average Bonchev–Trinajstić information content (AvgIpc) is 2.58. The average molecular weight is 331 g/mol. The van der Waals surface area contributed by atoms with Gasteiger partial charge in [-0.15, -0.1) is 0 Å². The maximum atomic E-state index is 12.5. The van der Waals surface area contributed by atoms with E-state index in [2.05, 4.69) is 30.3 Å². The third-order valence-electron chi connectivity index (χ3n) is 4.97. The molecule has 2 rings (SSSR count). The summed E-state index contributed by atoms with van der Waals surface area (Å²) < 4.78 is 5.65. The van der Waals surface area contributed by atoms with E-state index >= 15 is 0 Å². The zero-order chi connectivity index (χ0) is 17.4. The number of hydrogen-bond donors (Lipinski definition) is 0. The van der Waals surface area contributed by atoms with E-state index in [4.69, 9.17) is 4.74 Å².